The number of aryl methyl sites for hydroxylation is 1. The first kappa shape index (κ1) is 29.1. The van der Waals surface area contributed by atoms with E-state index in [1.165, 1.54) is 16.9 Å². The van der Waals surface area contributed by atoms with Crippen LogP contribution in [0.2, 0.25) is 0 Å². The molecule has 3 aromatic carbocycles. The van der Waals surface area contributed by atoms with Crippen molar-refractivity contribution < 1.29 is 9.59 Å². The Morgan fingerprint density at radius 2 is 1.70 bits per heavy atom. The van der Waals surface area contributed by atoms with Crippen molar-refractivity contribution in [2.45, 2.75) is 38.9 Å². The van der Waals surface area contributed by atoms with Crippen molar-refractivity contribution in [3.05, 3.63) is 142 Å². The maximum Gasteiger partial charge on any atom is 0.247 e. The number of nitrogens with zero attached hydrogens (tertiary/aromatic N) is 5. The first-order valence-electron chi connectivity index (χ1n) is 14.7. The number of fused-ring (bicyclic) bond motifs is 1. The third-order valence-corrected chi connectivity index (χ3v) is 8.74. The lowest BCUT2D eigenvalue weighted by Crippen LogP contribution is -2.52. The first-order chi connectivity index (χ1) is 21.5. The zero-order valence-electron chi connectivity index (χ0n) is 24.5. The summed E-state index contributed by atoms with van der Waals surface area (Å²) in [5.41, 5.74) is 6.06. The highest BCUT2D eigenvalue weighted by molar-refractivity contribution is 7.12. The van der Waals surface area contributed by atoms with Crippen LogP contribution in [0.1, 0.15) is 32.1 Å². The number of hydrogen-bond donors (Lipinski definition) is 0. The second-order valence-corrected chi connectivity index (χ2v) is 12.1. The van der Waals surface area contributed by atoms with Crippen LogP contribution in [0.5, 0.6) is 0 Å². The van der Waals surface area contributed by atoms with E-state index in [-0.39, 0.29) is 18.4 Å². The molecule has 1 aliphatic heterocycles. The maximum atomic E-state index is 14.5. The van der Waals surface area contributed by atoms with Crippen molar-refractivity contribution in [1.29, 1.82) is 0 Å². The number of carbonyl (C=O) groups excluding carboxylic acids is 2. The Morgan fingerprint density at radius 3 is 2.43 bits per heavy atom. The lowest BCUT2D eigenvalue weighted by Gasteiger charge is -2.37. The van der Waals surface area contributed by atoms with E-state index < -0.39 is 6.04 Å². The lowest BCUT2D eigenvalue weighted by molar-refractivity contribution is -0.144. The van der Waals surface area contributed by atoms with Gasteiger partial charge < -0.3 is 9.80 Å². The van der Waals surface area contributed by atoms with Crippen molar-refractivity contribution in [3.63, 3.8) is 0 Å². The van der Waals surface area contributed by atoms with Gasteiger partial charge >= 0.3 is 0 Å². The van der Waals surface area contributed by atoms with Crippen molar-refractivity contribution >= 4 is 29.2 Å². The molecule has 7 nitrogen and oxygen atoms in total. The number of benzene rings is 3. The SMILES string of the molecule is Cc1ncc(C=CC(=O)N(Cc2ccc(-c3cccnn3)cc2)C(Cc2ccccc2)C(=O)N2CCc3ccccc3C2)s1. The molecule has 6 rings (SSSR count). The Kier molecular flexibility index (Phi) is 8.98. The van der Waals surface area contributed by atoms with Crippen LogP contribution in [0.15, 0.2) is 109 Å². The molecule has 0 saturated heterocycles. The topological polar surface area (TPSA) is 79.3 Å². The summed E-state index contributed by atoms with van der Waals surface area (Å²) < 4.78 is 0. The molecular weight excluding hydrogens is 566 g/mol. The summed E-state index contributed by atoms with van der Waals surface area (Å²) in [6.45, 7) is 3.36. The molecule has 0 N–H and O–H groups in total. The van der Waals surface area contributed by atoms with Crippen LogP contribution < -0.4 is 0 Å². The van der Waals surface area contributed by atoms with Crippen LogP contribution in [0, 0.1) is 6.92 Å². The fourth-order valence-corrected chi connectivity index (χ4v) is 6.23. The Hall–Kier alpha value is -4.95. The van der Waals surface area contributed by atoms with E-state index in [0.29, 0.717) is 19.5 Å². The molecule has 0 bridgehead atoms. The molecule has 2 amide bonds. The number of rotatable bonds is 9. The average Bonchev–Trinajstić information content (AvgIpc) is 3.50. The minimum Gasteiger partial charge on any atom is -0.336 e. The van der Waals surface area contributed by atoms with Gasteiger partial charge in [-0.25, -0.2) is 4.98 Å². The van der Waals surface area contributed by atoms with Crippen LogP contribution in [0.4, 0.5) is 0 Å². The molecule has 1 aliphatic rings. The molecule has 8 heteroatoms. The lowest BCUT2D eigenvalue weighted by atomic mass is 9.97. The Labute approximate surface area is 261 Å². The van der Waals surface area contributed by atoms with Crippen LogP contribution in [0.25, 0.3) is 17.3 Å². The monoisotopic (exact) mass is 599 g/mol. The van der Waals surface area contributed by atoms with Gasteiger partial charge in [0.15, 0.2) is 0 Å². The maximum absolute atomic E-state index is 14.5. The largest absolute Gasteiger partial charge is 0.336 e. The highest BCUT2D eigenvalue weighted by Crippen LogP contribution is 2.24. The minimum atomic E-state index is -0.692. The second kappa shape index (κ2) is 13.6. The summed E-state index contributed by atoms with van der Waals surface area (Å²) in [4.78, 5) is 37.3. The number of hydrogen-bond acceptors (Lipinski definition) is 6. The smallest absolute Gasteiger partial charge is 0.247 e. The molecule has 1 atom stereocenters. The fraction of sp³-hybridized carbons (Fsp3) is 0.194. The van der Waals surface area contributed by atoms with E-state index >= 15 is 0 Å². The highest BCUT2D eigenvalue weighted by Gasteiger charge is 2.34. The molecule has 1 unspecified atom stereocenters. The number of aromatic nitrogens is 3. The number of carbonyl (C=O) groups is 2. The van der Waals surface area contributed by atoms with Gasteiger partial charge in [0.25, 0.3) is 0 Å². The van der Waals surface area contributed by atoms with Crippen LogP contribution in [-0.2, 0) is 35.5 Å². The van der Waals surface area contributed by atoms with Crippen molar-refractivity contribution in [2.24, 2.45) is 0 Å². The van der Waals surface area contributed by atoms with E-state index in [4.69, 9.17) is 0 Å². The minimum absolute atomic E-state index is 0.0464. The summed E-state index contributed by atoms with van der Waals surface area (Å²) in [6, 6.07) is 29.2. The summed E-state index contributed by atoms with van der Waals surface area (Å²) >= 11 is 1.52. The van der Waals surface area contributed by atoms with Crippen LogP contribution in [0.3, 0.4) is 0 Å². The summed E-state index contributed by atoms with van der Waals surface area (Å²) in [6.07, 6.45) is 7.97. The molecular formula is C36H33N5O2S. The third kappa shape index (κ3) is 6.98. The van der Waals surface area contributed by atoms with Gasteiger partial charge in [0.2, 0.25) is 11.8 Å². The molecule has 44 heavy (non-hydrogen) atoms. The first-order valence-corrected chi connectivity index (χ1v) is 15.5. The zero-order chi connectivity index (χ0) is 30.3. The average molecular weight is 600 g/mol. The molecule has 0 saturated carbocycles. The normalized spacial score (nSPS) is 13.4. The molecule has 0 aliphatic carbocycles. The van der Waals surface area contributed by atoms with Gasteiger partial charge in [-0.15, -0.1) is 11.3 Å². The van der Waals surface area contributed by atoms with Crippen molar-refractivity contribution in [3.8, 4) is 11.3 Å². The van der Waals surface area contributed by atoms with Gasteiger partial charge in [-0.3, -0.25) is 9.59 Å². The van der Waals surface area contributed by atoms with Crippen LogP contribution in [-0.4, -0.2) is 49.4 Å². The third-order valence-electron chi connectivity index (χ3n) is 7.86. The Balaban J connectivity index is 1.34. The van der Waals surface area contributed by atoms with Gasteiger partial charge in [0, 0.05) is 55.0 Å². The van der Waals surface area contributed by atoms with Gasteiger partial charge in [0.1, 0.15) is 6.04 Å². The van der Waals surface area contributed by atoms with E-state index in [1.54, 1.807) is 29.4 Å². The molecule has 0 fully saturated rings. The van der Waals surface area contributed by atoms with Crippen LogP contribution >= 0.6 is 11.3 Å². The molecule has 0 radical (unpaired) electrons. The zero-order valence-corrected chi connectivity index (χ0v) is 25.4. The summed E-state index contributed by atoms with van der Waals surface area (Å²) in [5, 5.41) is 9.13. The molecule has 5 aromatic rings. The quantitative estimate of drug-likeness (QED) is 0.190. The van der Waals surface area contributed by atoms with Gasteiger partial charge in [-0.1, -0.05) is 78.9 Å². The number of thiazole rings is 1. The van der Waals surface area contributed by atoms with Crippen molar-refractivity contribution in [1.82, 2.24) is 25.0 Å². The predicted molar refractivity (Wildman–Crippen MR) is 173 cm³/mol. The van der Waals surface area contributed by atoms with Crippen molar-refractivity contribution in [2.75, 3.05) is 6.54 Å². The Morgan fingerprint density at radius 1 is 0.932 bits per heavy atom. The molecule has 2 aromatic heterocycles. The predicted octanol–water partition coefficient (Wildman–Crippen LogP) is 6.15. The van der Waals surface area contributed by atoms with E-state index in [0.717, 1.165) is 44.3 Å². The molecule has 0 spiro atoms. The number of amides is 2. The van der Waals surface area contributed by atoms with Gasteiger partial charge in [-0.05, 0) is 53.8 Å². The van der Waals surface area contributed by atoms with Gasteiger partial charge in [0.05, 0.1) is 10.7 Å². The fourth-order valence-electron chi connectivity index (χ4n) is 5.54. The molecule has 3 heterocycles. The Bertz CT molecular complexity index is 1750. The second-order valence-electron chi connectivity index (χ2n) is 10.9. The van der Waals surface area contributed by atoms with E-state index in [1.807, 2.05) is 90.7 Å². The standard InChI is InChI=1S/C36H33N5O2S/c1-26-37-23-32(44-26)17-18-35(42)41(24-28-13-15-30(16-14-28)33-12-7-20-38-39-33)34(22-27-8-3-2-4-9-27)36(43)40-21-19-29-10-5-6-11-31(29)25-40/h2-18,20,23,34H,19,21-22,24-25H2,1H3. The summed E-state index contributed by atoms with van der Waals surface area (Å²) in [5.74, 6) is -0.268. The summed E-state index contributed by atoms with van der Waals surface area (Å²) in [7, 11) is 0. The van der Waals surface area contributed by atoms with E-state index in [9.17, 15) is 9.59 Å². The van der Waals surface area contributed by atoms with E-state index in [2.05, 4.69) is 27.3 Å². The molecule has 220 valence electrons. The highest BCUT2D eigenvalue weighted by atomic mass is 32.1. The van der Waals surface area contributed by atoms with Gasteiger partial charge in [-0.2, -0.15) is 10.2 Å².